The monoisotopic (exact) mass is 225 g/mol. The fourth-order valence-electron chi connectivity index (χ4n) is 1.18. The van der Waals surface area contributed by atoms with Crippen LogP contribution in [-0.4, -0.2) is 18.2 Å². The standard InChI is InChI=1S/C11H12FNO3/c1-16-10-5-7(3-2-4-11(14)15)8(12)6-9(10)13/h2-3,5-6H,4,13H2,1H3,(H,14,15). The zero-order valence-corrected chi connectivity index (χ0v) is 8.74. The molecule has 0 amide bonds. The van der Waals surface area contributed by atoms with Gasteiger partial charge >= 0.3 is 5.97 Å². The van der Waals surface area contributed by atoms with E-state index in [9.17, 15) is 9.18 Å². The van der Waals surface area contributed by atoms with E-state index in [1.54, 1.807) is 0 Å². The fourth-order valence-corrected chi connectivity index (χ4v) is 1.18. The van der Waals surface area contributed by atoms with Gasteiger partial charge in [0.2, 0.25) is 0 Å². The zero-order chi connectivity index (χ0) is 12.1. The number of carboxylic acid groups (broad SMARTS) is 1. The summed E-state index contributed by atoms with van der Waals surface area (Å²) in [7, 11) is 1.42. The number of ether oxygens (including phenoxy) is 1. The lowest BCUT2D eigenvalue weighted by Crippen LogP contribution is -1.95. The van der Waals surface area contributed by atoms with Crippen LogP contribution in [0.3, 0.4) is 0 Å². The van der Waals surface area contributed by atoms with E-state index < -0.39 is 11.8 Å². The van der Waals surface area contributed by atoms with Gasteiger partial charge in [0, 0.05) is 11.6 Å². The molecule has 0 aliphatic carbocycles. The Balaban J connectivity index is 2.95. The lowest BCUT2D eigenvalue weighted by atomic mass is 10.1. The van der Waals surface area contributed by atoms with Crippen molar-refractivity contribution in [3.63, 3.8) is 0 Å². The van der Waals surface area contributed by atoms with Crippen molar-refractivity contribution in [3.05, 3.63) is 29.6 Å². The van der Waals surface area contributed by atoms with E-state index in [0.29, 0.717) is 5.75 Å². The number of rotatable bonds is 4. The Kier molecular flexibility index (Phi) is 3.88. The maximum atomic E-state index is 13.4. The SMILES string of the molecule is COc1cc(C=CCC(=O)O)c(F)cc1N. The molecule has 0 aliphatic rings. The summed E-state index contributed by atoms with van der Waals surface area (Å²) in [6.45, 7) is 0. The molecule has 0 unspecified atom stereocenters. The second-order valence-corrected chi connectivity index (χ2v) is 3.12. The van der Waals surface area contributed by atoms with Gasteiger partial charge in [-0.15, -0.1) is 0 Å². The predicted molar refractivity (Wildman–Crippen MR) is 58.7 cm³/mol. The van der Waals surface area contributed by atoms with Crippen LogP contribution < -0.4 is 10.5 Å². The molecule has 4 nitrogen and oxygen atoms in total. The minimum absolute atomic E-state index is 0.161. The molecule has 0 aliphatic heterocycles. The molecule has 16 heavy (non-hydrogen) atoms. The summed E-state index contributed by atoms with van der Waals surface area (Å²) in [5.41, 5.74) is 5.94. The molecule has 0 bridgehead atoms. The van der Waals surface area contributed by atoms with Crippen molar-refractivity contribution in [1.82, 2.24) is 0 Å². The summed E-state index contributed by atoms with van der Waals surface area (Å²) < 4.78 is 18.3. The van der Waals surface area contributed by atoms with E-state index in [4.69, 9.17) is 15.6 Å². The molecule has 0 saturated heterocycles. The van der Waals surface area contributed by atoms with Gasteiger partial charge in [0.15, 0.2) is 0 Å². The summed E-state index contributed by atoms with van der Waals surface area (Å²) in [6, 6.07) is 2.56. The molecule has 5 heteroatoms. The number of aliphatic carboxylic acids is 1. The van der Waals surface area contributed by atoms with E-state index in [0.717, 1.165) is 6.07 Å². The molecule has 1 aromatic carbocycles. The summed E-state index contributed by atoms with van der Waals surface area (Å²) >= 11 is 0. The van der Waals surface area contributed by atoms with Gasteiger partial charge in [-0.3, -0.25) is 4.79 Å². The van der Waals surface area contributed by atoms with Crippen molar-refractivity contribution in [1.29, 1.82) is 0 Å². The lowest BCUT2D eigenvalue weighted by molar-refractivity contribution is -0.135. The Morgan fingerprint density at radius 1 is 1.62 bits per heavy atom. The van der Waals surface area contributed by atoms with Crippen LogP contribution >= 0.6 is 0 Å². The molecule has 0 spiro atoms. The van der Waals surface area contributed by atoms with Crippen LogP contribution in [-0.2, 0) is 4.79 Å². The van der Waals surface area contributed by atoms with Crippen molar-refractivity contribution >= 4 is 17.7 Å². The Morgan fingerprint density at radius 3 is 2.88 bits per heavy atom. The number of nitrogens with two attached hydrogens (primary N) is 1. The normalized spacial score (nSPS) is 10.6. The number of carboxylic acids is 1. The number of hydrogen-bond donors (Lipinski definition) is 2. The van der Waals surface area contributed by atoms with Crippen molar-refractivity contribution in [2.24, 2.45) is 0 Å². The third-order valence-electron chi connectivity index (χ3n) is 1.94. The Labute approximate surface area is 92.1 Å². The topological polar surface area (TPSA) is 72.5 Å². The van der Waals surface area contributed by atoms with Gasteiger partial charge in [-0.05, 0) is 6.07 Å². The molecule has 1 aromatic rings. The molecule has 0 radical (unpaired) electrons. The number of nitrogen functional groups attached to an aromatic ring is 1. The van der Waals surface area contributed by atoms with Gasteiger partial charge in [-0.2, -0.15) is 0 Å². The average Bonchev–Trinajstić information content (AvgIpc) is 2.20. The number of halogens is 1. The summed E-state index contributed by atoms with van der Waals surface area (Å²) in [5, 5.41) is 8.42. The number of methoxy groups -OCH3 is 1. The van der Waals surface area contributed by atoms with Crippen LogP contribution in [0.5, 0.6) is 5.75 Å². The molecular weight excluding hydrogens is 213 g/mol. The first kappa shape index (κ1) is 12.0. The molecule has 3 N–H and O–H groups in total. The number of anilines is 1. The zero-order valence-electron chi connectivity index (χ0n) is 8.74. The van der Waals surface area contributed by atoms with E-state index in [1.165, 1.54) is 25.3 Å². The molecule has 1 rings (SSSR count). The molecule has 0 fully saturated rings. The number of benzene rings is 1. The van der Waals surface area contributed by atoms with Gasteiger partial charge in [0.25, 0.3) is 0 Å². The van der Waals surface area contributed by atoms with Gasteiger partial charge in [-0.25, -0.2) is 4.39 Å². The maximum absolute atomic E-state index is 13.4. The number of carbonyl (C=O) groups is 1. The first-order chi connectivity index (χ1) is 7.54. The van der Waals surface area contributed by atoms with Crippen LogP contribution in [0.25, 0.3) is 6.08 Å². The van der Waals surface area contributed by atoms with Gasteiger partial charge < -0.3 is 15.6 Å². The molecule has 0 atom stereocenters. The average molecular weight is 225 g/mol. The van der Waals surface area contributed by atoms with E-state index in [2.05, 4.69) is 0 Å². The third-order valence-corrected chi connectivity index (χ3v) is 1.94. The Morgan fingerprint density at radius 2 is 2.31 bits per heavy atom. The molecule has 86 valence electrons. The summed E-state index contributed by atoms with van der Waals surface area (Å²) in [6.07, 6.45) is 2.58. The van der Waals surface area contributed by atoms with Crippen LogP contribution in [0.1, 0.15) is 12.0 Å². The lowest BCUT2D eigenvalue weighted by Gasteiger charge is -2.06. The van der Waals surface area contributed by atoms with Crippen LogP contribution in [0.2, 0.25) is 0 Å². The quantitative estimate of drug-likeness (QED) is 0.767. The first-order valence-corrected chi connectivity index (χ1v) is 4.56. The highest BCUT2D eigenvalue weighted by Crippen LogP contribution is 2.25. The smallest absolute Gasteiger partial charge is 0.307 e. The second kappa shape index (κ2) is 5.16. The maximum Gasteiger partial charge on any atom is 0.307 e. The molecular formula is C11H12FNO3. The molecule has 0 aromatic heterocycles. The minimum Gasteiger partial charge on any atom is -0.495 e. The van der Waals surface area contributed by atoms with E-state index in [1.807, 2.05) is 0 Å². The molecule has 0 heterocycles. The highest BCUT2D eigenvalue weighted by Gasteiger charge is 2.05. The van der Waals surface area contributed by atoms with Gasteiger partial charge in [0.1, 0.15) is 11.6 Å². The van der Waals surface area contributed by atoms with E-state index in [-0.39, 0.29) is 17.7 Å². The van der Waals surface area contributed by atoms with Crippen LogP contribution in [0.4, 0.5) is 10.1 Å². The fraction of sp³-hybridized carbons (Fsp3) is 0.182. The van der Waals surface area contributed by atoms with Crippen molar-refractivity contribution < 1.29 is 19.0 Å². The minimum atomic E-state index is -0.973. The second-order valence-electron chi connectivity index (χ2n) is 3.12. The highest BCUT2D eigenvalue weighted by molar-refractivity contribution is 5.71. The van der Waals surface area contributed by atoms with Crippen LogP contribution in [0.15, 0.2) is 18.2 Å². The van der Waals surface area contributed by atoms with Crippen molar-refractivity contribution in [2.45, 2.75) is 6.42 Å². The predicted octanol–water partition coefficient (Wildman–Crippen LogP) is 1.90. The highest BCUT2D eigenvalue weighted by atomic mass is 19.1. The van der Waals surface area contributed by atoms with Crippen molar-refractivity contribution in [2.75, 3.05) is 12.8 Å². The summed E-state index contributed by atoms with van der Waals surface area (Å²) in [5.74, 6) is -1.13. The van der Waals surface area contributed by atoms with Gasteiger partial charge in [-0.1, -0.05) is 12.2 Å². The van der Waals surface area contributed by atoms with E-state index >= 15 is 0 Å². The molecule has 0 saturated carbocycles. The summed E-state index contributed by atoms with van der Waals surface area (Å²) in [4.78, 5) is 10.3. The first-order valence-electron chi connectivity index (χ1n) is 4.56. The Bertz CT molecular complexity index is 429. The van der Waals surface area contributed by atoms with Crippen molar-refractivity contribution in [3.8, 4) is 5.75 Å². The third kappa shape index (κ3) is 2.98. The Hall–Kier alpha value is -2.04. The van der Waals surface area contributed by atoms with Crippen LogP contribution in [0, 0.1) is 5.82 Å². The largest absolute Gasteiger partial charge is 0.495 e. The van der Waals surface area contributed by atoms with Gasteiger partial charge in [0.05, 0.1) is 19.2 Å². The number of hydrogen-bond acceptors (Lipinski definition) is 3.